The molecule has 1 amide bonds. The summed E-state index contributed by atoms with van der Waals surface area (Å²) >= 11 is 0. The van der Waals surface area contributed by atoms with E-state index in [2.05, 4.69) is 15.4 Å². The number of hydrogen-bond donors (Lipinski definition) is 1. The van der Waals surface area contributed by atoms with Gasteiger partial charge >= 0.3 is 0 Å². The average Bonchev–Trinajstić information content (AvgIpc) is 2.96. The smallest absolute Gasteiger partial charge is 0.220 e. The van der Waals surface area contributed by atoms with Crippen LogP contribution in [0.5, 0.6) is 0 Å². The zero-order valence-corrected chi connectivity index (χ0v) is 15.6. The van der Waals surface area contributed by atoms with E-state index >= 15 is 0 Å². The number of amides is 1. The fraction of sp³-hybridized carbons (Fsp3) is 0.350. The van der Waals surface area contributed by atoms with Crippen molar-refractivity contribution in [2.75, 3.05) is 0 Å². The molecule has 0 aliphatic rings. The molecule has 0 aliphatic carbocycles. The van der Waals surface area contributed by atoms with Crippen molar-refractivity contribution in [2.45, 2.75) is 47.1 Å². The molecule has 0 atom stereocenters. The zero-order chi connectivity index (χ0) is 18.8. The maximum atomic E-state index is 13.3. The van der Waals surface area contributed by atoms with Crippen LogP contribution in [-0.2, 0) is 17.8 Å². The first-order valence-corrected chi connectivity index (χ1v) is 8.69. The summed E-state index contributed by atoms with van der Waals surface area (Å²) in [4.78, 5) is 16.8. The van der Waals surface area contributed by atoms with Gasteiger partial charge in [0.2, 0.25) is 5.91 Å². The molecule has 1 N–H and O–H groups in total. The Bertz CT molecular complexity index is 978. The molecule has 0 saturated heterocycles. The number of benzene rings is 1. The van der Waals surface area contributed by atoms with E-state index in [-0.39, 0.29) is 11.7 Å². The van der Waals surface area contributed by atoms with Gasteiger partial charge in [0, 0.05) is 30.4 Å². The molecular weight excluding hydrogens is 331 g/mol. The number of hydrogen-bond acceptors (Lipinski definition) is 3. The lowest BCUT2D eigenvalue weighted by molar-refractivity contribution is -0.121. The molecule has 0 bridgehead atoms. The van der Waals surface area contributed by atoms with E-state index in [0.29, 0.717) is 24.9 Å². The van der Waals surface area contributed by atoms with Crippen LogP contribution in [0.3, 0.4) is 0 Å². The molecular formula is C20H23FN4O. The molecule has 0 radical (unpaired) electrons. The van der Waals surface area contributed by atoms with Crippen molar-refractivity contribution in [1.82, 2.24) is 19.9 Å². The first kappa shape index (κ1) is 18.0. The SMILES string of the molecule is Cc1cc2nc(C)c(CCC(=O)NCc3ccc(F)c(C)c3)c(C)n2n1. The summed E-state index contributed by atoms with van der Waals surface area (Å²) in [5.74, 6) is -0.273. The summed E-state index contributed by atoms with van der Waals surface area (Å²) < 4.78 is 15.1. The summed E-state index contributed by atoms with van der Waals surface area (Å²) in [7, 11) is 0. The van der Waals surface area contributed by atoms with Crippen LogP contribution in [0.25, 0.3) is 5.65 Å². The Balaban J connectivity index is 1.64. The van der Waals surface area contributed by atoms with E-state index in [9.17, 15) is 9.18 Å². The molecule has 6 heteroatoms. The highest BCUT2D eigenvalue weighted by Gasteiger charge is 2.13. The third-order valence-electron chi connectivity index (χ3n) is 4.60. The van der Waals surface area contributed by atoms with Crippen molar-refractivity contribution in [3.63, 3.8) is 0 Å². The zero-order valence-electron chi connectivity index (χ0n) is 15.6. The van der Waals surface area contributed by atoms with Gasteiger partial charge in [-0.25, -0.2) is 13.9 Å². The van der Waals surface area contributed by atoms with Crippen molar-refractivity contribution in [3.05, 3.63) is 63.9 Å². The monoisotopic (exact) mass is 354 g/mol. The lowest BCUT2D eigenvalue weighted by atomic mass is 10.1. The Kier molecular flexibility index (Phi) is 5.02. The van der Waals surface area contributed by atoms with Gasteiger partial charge in [-0.2, -0.15) is 5.10 Å². The number of aromatic nitrogens is 3. The molecule has 2 heterocycles. The quantitative estimate of drug-likeness (QED) is 0.764. The highest BCUT2D eigenvalue weighted by molar-refractivity contribution is 5.76. The Morgan fingerprint density at radius 3 is 2.69 bits per heavy atom. The number of rotatable bonds is 5. The number of nitrogens with zero attached hydrogens (tertiary/aromatic N) is 3. The number of nitrogens with one attached hydrogen (secondary N) is 1. The van der Waals surface area contributed by atoms with Gasteiger partial charge in [0.05, 0.1) is 5.69 Å². The van der Waals surface area contributed by atoms with E-state index in [1.807, 2.05) is 31.4 Å². The van der Waals surface area contributed by atoms with Gasteiger partial charge in [-0.05, 0) is 56.9 Å². The predicted molar refractivity (Wildman–Crippen MR) is 98.5 cm³/mol. The average molecular weight is 354 g/mol. The first-order chi connectivity index (χ1) is 12.3. The molecule has 26 heavy (non-hydrogen) atoms. The maximum Gasteiger partial charge on any atom is 0.220 e. The second kappa shape index (κ2) is 7.23. The van der Waals surface area contributed by atoms with Gasteiger partial charge in [0.1, 0.15) is 5.82 Å². The number of fused-ring (bicyclic) bond motifs is 1. The van der Waals surface area contributed by atoms with E-state index < -0.39 is 0 Å². The Labute approximate surface area is 152 Å². The van der Waals surface area contributed by atoms with Crippen LogP contribution in [0.4, 0.5) is 4.39 Å². The highest BCUT2D eigenvalue weighted by Crippen LogP contribution is 2.17. The van der Waals surface area contributed by atoms with Gasteiger partial charge in [0.25, 0.3) is 0 Å². The van der Waals surface area contributed by atoms with Crippen LogP contribution in [0, 0.1) is 33.5 Å². The van der Waals surface area contributed by atoms with Crippen LogP contribution in [0.2, 0.25) is 0 Å². The summed E-state index contributed by atoms with van der Waals surface area (Å²) in [5, 5.41) is 7.35. The molecule has 3 rings (SSSR count). The van der Waals surface area contributed by atoms with Crippen molar-refractivity contribution in [1.29, 1.82) is 0 Å². The minimum Gasteiger partial charge on any atom is -0.352 e. The molecule has 0 saturated carbocycles. The normalized spacial score (nSPS) is 11.1. The molecule has 1 aromatic carbocycles. The molecule has 0 spiro atoms. The summed E-state index contributed by atoms with van der Waals surface area (Å²) in [5.41, 5.74) is 6.21. The molecule has 5 nitrogen and oxygen atoms in total. The number of carbonyl (C=O) groups excluding carboxylic acids is 1. The van der Waals surface area contributed by atoms with E-state index in [1.165, 1.54) is 6.07 Å². The molecule has 0 fully saturated rings. The van der Waals surface area contributed by atoms with Crippen LogP contribution < -0.4 is 5.32 Å². The second-order valence-corrected chi connectivity index (χ2v) is 6.68. The summed E-state index contributed by atoms with van der Waals surface area (Å²) in [6.07, 6.45) is 0.975. The fourth-order valence-electron chi connectivity index (χ4n) is 3.15. The van der Waals surface area contributed by atoms with Gasteiger partial charge in [-0.15, -0.1) is 0 Å². The highest BCUT2D eigenvalue weighted by atomic mass is 19.1. The molecule has 3 aromatic rings. The van der Waals surface area contributed by atoms with Gasteiger partial charge in [0.15, 0.2) is 5.65 Å². The number of carbonyl (C=O) groups is 1. The lowest BCUT2D eigenvalue weighted by Crippen LogP contribution is -2.23. The van der Waals surface area contributed by atoms with Crippen LogP contribution in [0.1, 0.15) is 40.2 Å². The van der Waals surface area contributed by atoms with Crippen molar-refractivity contribution in [2.24, 2.45) is 0 Å². The van der Waals surface area contributed by atoms with Gasteiger partial charge < -0.3 is 5.32 Å². The minimum absolute atomic E-state index is 0.0393. The third-order valence-corrected chi connectivity index (χ3v) is 4.60. The molecule has 136 valence electrons. The minimum atomic E-state index is -0.234. The Morgan fingerprint density at radius 2 is 1.96 bits per heavy atom. The maximum absolute atomic E-state index is 13.3. The van der Waals surface area contributed by atoms with E-state index in [1.54, 1.807) is 19.1 Å². The van der Waals surface area contributed by atoms with Crippen LogP contribution >= 0.6 is 0 Å². The topological polar surface area (TPSA) is 59.3 Å². The van der Waals surface area contributed by atoms with Gasteiger partial charge in [-0.3, -0.25) is 4.79 Å². The standard InChI is InChI=1S/C20H23FN4O/c1-12-9-16(5-7-18(12)21)11-22-20(26)8-6-17-14(3)23-19-10-13(2)24-25(19)15(17)4/h5,7,9-10H,6,8,11H2,1-4H3,(H,22,26). The van der Waals surface area contributed by atoms with E-state index in [0.717, 1.165) is 33.9 Å². The number of halogens is 1. The predicted octanol–water partition coefficient (Wildman–Crippen LogP) is 3.35. The third kappa shape index (κ3) is 3.74. The Morgan fingerprint density at radius 1 is 1.19 bits per heavy atom. The number of aryl methyl sites for hydroxylation is 4. The van der Waals surface area contributed by atoms with Gasteiger partial charge in [-0.1, -0.05) is 12.1 Å². The second-order valence-electron chi connectivity index (χ2n) is 6.68. The first-order valence-electron chi connectivity index (χ1n) is 8.69. The fourth-order valence-corrected chi connectivity index (χ4v) is 3.15. The lowest BCUT2D eigenvalue weighted by Gasteiger charge is -2.11. The van der Waals surface area contributed by atoms with E-state index in [4.69, 9.17) is 0 Å². The van der Waals surface area contributed by atoms with Crippen molar-refractivity contribution in [3.8, 4) is 0 Å². The van der Waals surface area contributed by atoms with Crippen LogP contribution in [0.15, 0.2) is 24.3 Å². The van der Waals surface area contributed by atoms with Crippen molar-refractivity contribution < 1.29 is 9.18 Å². The summed E-state index contributed by atoms with van der Waals surface area (Å²) in [6, 6.07) is 6.81. The molecule has 0 aliphatic heterocycles. The van der Waals surface area contributed by atoms with Crippen LogP contribution in [-0.4, -0.2) is 20.5 Å². The Hall–Kier alpha value is -2.76. The summed E-state index contributed by atoms with van der Waals surface area (Å²) in [6.45, 7) is 8.01. The molecule has 2 aromatic heterocycles. The molecule has 0 unspecified atom stereocenters. The van der Waals surface area contributed by atoms with Crippen molar-refractivity contribution >= 4 is 11.6 Å². The largest absolute Gasteiger partial charge is 0.352 e.